The standard InChI is InChI=1S/C18H14FNO2/c1-2-12-7-9-13(10-8-12)11-16-18(21)22-17(20-16)14-5-3-4-6-15(14)19/h3-11H,2H2,1H3. The molecule has 110 valence electrons. The normalized spacial score (nSPS) is 15.8. The average molecular weight is 295 g/mol. The van der Waals surface area contributed by atoms with Crippen LogP contribution in [0.25, 0.3) is 6.08 Å². The molecule has 0 aromatic heterocycles. The first-order valence-electron chi connectivity index (χ1n) is 7.04. The third-order valence-electron chi connectivity index (χ3n) is 3.42. The molecule has 0 N–H and O–H groups in total. The summed E-state index contributed by atoms with van der Waals surface area (Å²) < 4.78 is 18.8. The molecule has 0 aliphatic carbocycles. The largest absolute Gasteiger partial charge is 0.402 e. The second-order valence-electron chi connectivity index (χ2n) is 4.91. The Morgan fingerprint density at radius 1 is 1.14 bits per heavy atom. The van der Waals surface area contributed by atoms with Gasteiger partial charge >= 0.3 is 5.97 Å². The van der Waals surface area contributed by atoms with Gasteiger partial charge in [0.15, 0.2) is 5.70 Å². The number of rotatable bonds is 3. The van der Waals surface area contributed by atoms with Crippen molar-refractivity contribution in [1.82, 2.24) is 0 Å². The van der Waals surface area contributed by atoms with Crippen LogP contribution >= 0.6 is 0 Å². The van der Waals surface area contributed by atoms with Crippen molar-refractivity contribution in [3.8, 4) is 0 Å². The van der Waals surface area contributed by atoms with Crippen molar-refractivity contribution in [2.45, 2.75) is 13.3 Å². The molecule has 3 rings (SSSR count). The Balaban J connectivity index is 1.92. The molecule has 4 heteroatoms. The molecular weight excluding hydrogens is 281 g/mol. The summed E-state index contributed by atoms with van der Waals surface area (Å²) in [7, 11) is 0. The van der Waals surface area contributed by atoms with E-state index in [-0.39, 0.29) is 17.2 Å². The summed E-state index contributed by atoms with van der Waals surface area (Å²) >= 11 is 0. The van der Waals surface area contributed by atoms with E-state index >= 15 is 0 Å². The molecule has 0 fully saturated rings. The highest BCUT2D eigenvalue weighted by atomic mass is 19.1. The summed E-state index contributed by atoms with van der Waals surface area (Å²) in [5, 5.41) is 0. The van der Waals surface area contributed by atoms with Gasteiger partial charge in [0.05, 0.1) is 5.56 Å². The van der Waals surface area contributed by atoms with Gasteiger partial charge in [-0.05, 0) is 35.8 Å². The molecule has 1 aliphatic rings. The maximum Gasteiger partial charge on any atom is 0.363 e. The highest BCUT2D eigenvalue weighted by molar-refractivity contribution is 6.12. The number of hydrogen-bond donors (Lipinski definition) is 0. The number of aryl methyl sites for hydroxylation is 1. The van der Waals surface area contributed by atoms with E-state index < -0.39 is 11.8 Å². The lowest BCUT2D eigenvalue weighted by molar-refractivity contribution is -0.129. The van der Waals surface area contributed by atoms with E-state index in [1.807, 2.05) is 24.3 Å². The molecule has 2 aromatic carbocycles. The van der Waals surface area contributed by atoms with Crippen LogP contribution in [-0.4, -0.2) is 11.9 Å². The van der Waals surface area contributed by atoms with Crippen molar-refractivity contribution in [2.24, 2.45) is 4.99 Å². The van der Waals surface area contributed by atoms with E-state index in [1.165, 1.54) is 17.7 Å². The Labute approximate surface area is 127 Å². The zero-order chi connectivity index (χ0) is 15.5. The quantitative estimate of drug-likeness (QED) is 0.639. The number of carbonyl (C=O) groups is 1. The molecule has 0 bridgehead atoms. The Morgan fingerprint density at radius 3 is 2.55 bits per heavy atom. The van der Waals surface area contributed by atoms with Crippen molar-refractivity contribution >= 4 is 17.9 Å². The first kappa shape index (κ1) is 14.2. The van der Waals surface area contributed by atoms with Crippen molar-refractivity contribution < 1.29 is 13.9 Å². The van der Waals surface area contributed by atoms with Crippen LogP contribution in [0.2, 0.25) is 0 Å². The second kappa shape index (κ2) is 5.93. The number of esters is 1. The summed E-state index contributed by atoms with van der Waals surface area (Å²) in [4.78, 5) is 16.0. The van der Waals surface area contributed by atoms with Gasteiger partial charge in [-0.15, -0.1) is 0 Å². The van der Waals surface area contributed by atoms with E-state index in [1.54, 1.807) is 18.2 Å². The minimum Gasteiger partial charge on any atom is -0.402 e. The molecule has 22 heavy (non-hydrogen) atoms. The third-order valence-corrected chi connectivity index (χ3v) is 3.42. The lowest BCUT2D eigenvalue weighted by atomic mass is 10.1. The molecule has 3 nitrogen and oxygen atoms in total. The van der Waals surface area contributed by atoms with Crippen molar-refractivity contribution in [3.05, 3.63) is 76.7 Å². The molecule has 1 aliphatic heterocycles. The van der Waals surface area contributed by atoms with E-state index in [4.69, 9.17) is 4.74 Å². The Morgan fingerprint density at radius 2 is 1.86 bits per heavy atom. The lowest BCUT2D eigenvalue weighted by Crippen LogP contribution is -2.07. The first-order valence-corrected chi connectivity index (χ1v) is 7.04. The van der Waals surface area contributed by atoms with Crippen LogP contribution in [0.4, 0.5) is 4.39 Å². The smallest absolute Gasteiger partial charge is 0.363 e. The Bertz CT molecular complexity index is 776. The Hall–Kier alpha value is -2.75. The predicted octanol–water partition coefficient (Wildman–Crippen LogP) is 3.73. The van der Waals surface area contributed by atoms with E-state index in [9.17, 15) is 9.18 Å². The van der Waals surface area contributed by atoms with Crippen LogP contribution in [0, 0.1) is 5.82 Å². The van der Waals surface area contributed by atoms with Gasteiger partial charge in [0.25, 0.3) is 0 Å². The van der Waals surface area contributed by atoms with Crippen molar-refractivity contribution in [2.75, 3.05) is 0 Å². The van der Waals surface area contributed by atoms with E-state index in [0.29, 0.717) is 0 Å². The summed E-state index contributed by atoms with van der Waals surface area (Å²) in [6, 6.07) is 13.9. The molecule has 0 unspecified atom stereocenters. The molecule has 0 saturated heterocycles. The second-order valence-corrected chi connectivity index (χ2v) is 4.91. The minimum atomic E-state index is -0.571. The highest BCUT2D eigenvalue weighted by Gasteiger charge is 2.25. The molecule has 1 heterocycles. The average Bonchev–Trinajstić information content (AvgIpc) is 2.89. The van der Waals surface area contributed by atoms with Gasteiger partial charge < -0.3 is 4.74 Å². The fourth-order valence-corrected chi connectivity index (χ4v) is 2.17. The number of aliphatic imine (C=N–C) groups is 1. The van der Waals surface area contributed by atoms with Crippen LogP contribution in [-0.2, 0) is 16.0 Å². The molecule has 0 atom stereocenters. The van der Waals surface area contributed by atoms with E-state index in [2.05, 4.69) is 11.9 Å². The number of benzene rings is 2. The summed E-state index contributed by atoms with van der Waals surface area (Å²) in [5.74, 6) is -1.04. The zero-order valence-corrected chi connectivity index (χ0v) is 12.0. The van der Waals surface area contributed by atoms with Crippen LogP contribution in [0.1, 0.15) is 23.6 Å². The fourth-order valence-electron chi connectivity index (χ4n) is 2.17. The number of cyclic esters (lactones) is 1. The maximum atomic E-state index is 13.7. The molecule has 0 saturated carbocycles. The van der Waals surface area contributed by atoms with Crippen LogP contribution < -0.4 is 0 Å². The molecule has 0 spiro atoms. The number of nitrogens with zero attached hydrogens (tertiary/aromatic N) is 1. The van der Waals surface area contributed by atoms with Crippen molar-refractivity contribution in [1.29, 1.82) is 0 Å². The van der Waals surface area contributed by atoms with Gasteiger partial charge in [-0.2, -0.15) is 0 Å². The molecule has 2 aromatic rings. The topological polar surface area (TPSA) is 38.7 Å². The number of halogens is 1. The summed E-state index contributed by atoms with van der Waals surface area (Å²) in [6.45, 7) is 2.08. The third kappa shape index (κ3) is 2.81. The van der Waals surface area contributed by atoms with E-state index in [0.717, 1.165) is 12.0 Å². The highest BCUT2D eigenvalue weighted by Crippen LogP contribution is 2.20. The van der Waals surface area contributed by atoms with Gasteiger partial charge in [0.1, 0.15) is 5.82 Å². The first-order chi connectivity index (χ1) is 10.7. The monoisotopic (exact) mass is 295 g/mol. The number of ether oxygens (including phenoxy) is 1. The van der Waals surface area contributed by atoms with Crippen LogP contribution in [0.5, 0.6) is 0 Å². The molecule has 0 amide bonds. The van der Waals surface area contributed by atoms with Gasteiger partial charge in [-0.3, -0.25) is 0 Å². The maximum absolute atomic E-state index is 13.7. The van der Waals surface area contributed by atoms with Crippen LogP contribution in [0.15, 0.2) is 59.2 Å². The molecular formula is C18H14FNO2. The lowest BCUT2D eigenvalue weighted by Gasteiger charge is -1.99. The van der Waals surface area contributed by atoms with Crippen LogP contribution in [0.3, 0.4) is 0 Å². The fraction of sp³-hybridized carbons (Fsp3) is 0.111. The number of carbonyl (C=O) groups excluding carboxylic acids is 1. The van der Waals surface area contributed by atoms with Gasteiger partial charge in [0, 0.05) is 0 Å². The minimum absolute atomic E-state index is 0.000437. The Kier molecular flexibility index (Phi) is 3.83. The van der Waals surface area contributed by atoms with Gasteiger partial charge in [0.2, 0.25) is 5.90 Å². The molecule has 0 radical (unpaired) electrons. The SMILES string of the molecule is CCc1ccc(C=C2N=C(c3ccccc3F)OC2=O)cc1. The zero-order valence-electron chi connectivity index (χ0n) is 12.0. The number of hydrogen-bond acceptors (Lipinski definition) is 3. The predicted molar refractivity (Wildman–Crippen MR) is 82.8 cm³/mol. The summed E-state index contributed by atoms with van der Waals surface area (Å²) in [5.41, 5.74) is 2.41. The van der Waals surface area contributed by atoms with Gasteiger partial charge in [-0.1, -0.05) is 43.3 Å². The van der Waals surface area contributed by atoms with Gasteiger partial charge in [-0.25, -0.2) is 14.2 Å². The van der Waals surface area contributed by atoms with Crippen molar-refractivity contribution in [3.63, 3.8) is 0 Å². The summed E-state index contributed by atoms with van der Waals surface area (Å²) in [6.07, 6.45) is 2.59.